The molecule has 1 aliphatic rings. The number of primary amides is 1. The monoisotopic (exact) mass is 232 g/mol. The Hall–Kier alpha value is -1.35. The topological polar surface area (TPSA) is 55.1 Å². The molecular weight excluding hydrogens is 212 g/mol. The summed E-state index contributed by atoms with van der Waals surface area (Å²) < 4.78 is 0. The van der Waals surface area contributed by atoms with Crippen LogP contribution < -0.4 is 11.1 Å². The minimum Gasteiger partial charge on any atom is -0.370 e. The van der Waals surface area contributed by atoms with E-state index in [2.05, 4.69) is 29.6 Å². The Morgan fingerprint density at radius 3 is 2.59 bits per heavy atom. The Labute approximate surface area is 102 Å². The largest absolute Gasteiger partial charge is 0.370 e. The van der Waals surface area contributed by atoms with Crippen LogP contribution in [0.2, 0.25) is 0 Å². The summed E-state index contributed by atoms with van der Waals surface area (Å²) in [7, 11) is 0. The Bertz CT molecular complexity index is 373. The van der Waals surface area contributed by atoms with Crippen LogP contribution in [0.15, 0.2) is 30.3 Å². The van der Waals surface area contributed by atoms with E-state index in [-0.39, 0.29) is 11.9 Å². The van der Waals surface area contributed by atoms with Crippen molar-refractivity contribution in [2.24, 2.45) is 11.7 Å². The smallest absolute Gasteiger partial charge is 0.218 e. The Morgan fingerprint density at radius 1 is 1.41 bits per heavy atom. The fourth-order valence-electron chi connectivity index (χ4n) is 2.26. The van der Waals surface area contributed by atoms with Gasteiger partial charge in [-0.2, -0.15) is 0 Å². The molecule has 1 aromatic rings. The quantitative estimate of drug-likeness (QED) is 0.788. The Kier molecular flexibility index (Phi) is 3.79. The van der Waals surface area contributed by atoms with Gasteiger partial charge >= 0.3 is 0 Å². The number of rotatable bonds is 6. The molecule has 1 amide bonds. The number of hydrogen-bond donors (Lipinski definition) is 2. The van der Waals surface area contributed by atoms with Gasteiger partial charge in [0.15, 0.2) is 0 Å². The van der Waals surface area contributed by atoms with Gasteiger partial charge in [-0.3, -0.25) is 4.79 Å². The summed E-state index contributed by atoms with van der Waals surface area (Å²) >= 11 is 0. The van der Waals surface area contributed by atoms with Crippen LogP contribution in [0.25, 0.3) is 0 Å². The fourth-order valence-corrected chi connectivity index (χ4v) is 2.26. The van der Waals surface area contributed by atoms with Crippen molar-refractivity contribution in [3.8, 4) is 0 Å². The first-order valence-corrected chi connectivity index (χ1v) is 6.26. The zero-order chi connectivity index (χ0) is 12.3. The lowest BCUT2D eigenvalue weighted by atomic mass is 10.0. The number of benzene rings is 1. The van der Waals surface area contributed by atoms with Crippen molar-refractivity contribution >= 4 is 5.91 Å². The summed E-state index contributed by atoms with van der Waals surface area (Å²) in [4.78, 5) is 10.9. The lowest BCUT2D eigenvalue weighted by Crippen LogP contribution is -2.35. The lowest BCUT2D eigenvalue weighted by molar-refractivity contribution is -0.118. The molecule has 92 valence electrons. The maximum atomic E-state index is 10.9. The number of nitrogens with two attached hydrogens (primary N) is 1. The van der Waals surface area contributed by atoms with Crippen LogP contribution in [-0.2, 0) is 4.79 Å². The zero-order valence-corrected chi connectivity index (χ0v) is 10.2. The zero-order valence-electron chi connectivity index (χ0n) is 10.2. The van der Waals surface area contributed by atoms with Crippen LogP contribution >= 0.6 is 0 Å². The van der Waals surface area contributed by atoms with Gasteiger partial charge in [-0.15, -0.1) is 0 Å². The molecular formula is C14H20N2O. The van der Waals surface area contributed by atoms with Crippen LogP contribution in [0, 0.1) is 5.92 Å². The average molecular weight is 232 g/mol. The third kappa shape index (κ3) is 3.56. The normalized spacial score (nSPS) is 18.6. The highest BCUT2D eigenvalue weighted by molar-refractivity contribution is 5.74. The first-order chi connectivity index (χ1) is 8.16. The molecule has 3 nitrogen and oxygen atoms in total. The maximum absolute atomic E-state index is 10.9. The first kappa shape index (κ1) is 12.1. The number of carbonyl (C=O) groups excluding carboxylic acids is 1. The second-order valence-electron chi connectivity index (χ2n) is 4.96. The van der Waals surface area contributed by atoms with E-state index in [0.717, 1.165) is 0 Å². The molecule has 0 heterocycles. The van der Waals surface area contributed by atoms with Crippen molar-refractivity contribution in [3.63, 3.8) is 0 Å². The lowest BCUT2D eigenvalue weighted by Gasteiger charge is -2.23. The van der Waals surface area contributed by atoms with Crippen LogP contribution in [0.3, 0.4) is 0 Å². The molecule has 1 aliphatic carbocycles. The number of hydrogen-bond acceptors (Lipinski definition) is 2. The highest BCUT2D eigenvalue weighted by Crippen LogP contribution is 2.41. The molecule has 2 unspecified atom stereocenters. The minimum absolute atomic E-state index is 0.137. The van der Waals surface area contributed by atoms with E-state index in [1.807, 2.05) is 13.0 Å². The molecule has 0 radical (unpaired) electrons. The van der Waals surface area contributed by atoms with Crippen molar-refractivity contribution in [1.82, 2.24) is 5.32 Å². The highest BCUT2D eigenvalue weighted by Gasteiger charge is 2.32. The maximum Gasteiger partial charge on any atom is 0.218 e. The minimum atomic E-state index is -0.243. The van der Waals surface area contributed by atoms with Gasteiger partial charge in [-0.25, -0.2) is 0 Å². The summed E-state index contributed by atoms with van der Waals surface area (Å²) in [5.41, 5.74) is 6.53. The van der Waals surface area contributed by atoms with Crippen molar-refractivity contribution < 1.29 is 4.79 Å². The van der Waals surface area contributed by atoms with Crippen LogP contribution in [0.4, 0.5) is 0 Å². The molecule has 17 heavy (non-hydrogen) atoms. The molecule has 1 fully saturated rings. The fraction of sp³-hybridized carbons (Fsp3) is 0.500. The van der Waals surface area contributed by atoms with Gasteiger partial charge in [0.05, 0.1) is 0 Å². The van der Waals surface area contributed by atoms with Crippen molar-refractivity contribution in [2.45, 2.75) is 38.3 Å². The van der Waals surface area contributed by atoms with Gasteiger partial charge in [0, 0.05) is 18.5 Å². The summed E-state index contributed by atoms with van der Waals surface area (Å²) in [6, 6.07) is 10.9. The van der Waals surface area contributed by atoms with Gasteiger partial charge in [0.2, 0.25) is 5.91 Å². The van der Waals surface area contributed by atoms with E-state index in [4.69, 9.17) is 5.73 Å². The van der Waals surface area contributed by atoms with Gasteiger partial charge < -0.3 is 11.1 Å². The summed E-state index contributed by atoms with van der Waals surface area (Å²) in [5, 5.41) is 3.53. The molecule has 0 saturated heterocycles. The number of carbonyl (C=O) groups is 1. The Morgan fingerprint density at radius 2 is 2.06 bits per heavy atom. The molecule has 2 rings (SSSR count). The van der Waals surface area contributed by atoms with Crippen molar-refractivity contribution in [2.75, 3.05) is 0 Å². The van der Waals surface area contributed by atoms with Crippen molar-refractivity contribution in [1.29, 1.82) is 0 Å². The number of amides is 1. The molecule has 3 heteroatoms. The standard InChI is InChI=1S/C14H20N2O/c1-10(9-13(15)17)16-14(12-7-8-12)11-5-3-2-4-6-11/h2-6,10,12,14,16H,7-9H2,1H3,(H2,15,17). The molecule has 2 atom stereocenters. The molecule has 0 aliphatic heterocycles. The van der Waals surface area contributed by atoms with E-state index < -0.39 is 0 Å². The van der Waals surface area contributed by atoms with Crippen LogP contribution in [0.5, 0.6) is 0 Å². The van der Waals surface area contributed by atoms with Gasteiger partial charge in [0.25, 0.3) is 0 Å². The summed E-state index contributed by atoms with van der Waals surface area (Å²) in [6.45, 7) is 2.02. The van der Waals surface area contributed by atoms with Gasteiger partial charge in [0.1, 0.15) is 0 Å². The second-order valence-corrected chi connectivity index (χ2v) is 4.96. The van der Waals surface area contributed by atoms with E-state index in [9.17, 15) is 4.79 Å². The predicted octanol–water partition coefficient (Wildman–Crippen LogP) is 1.99. The van der Waals surface area contributed by atoms with E-state index in [1.54, 1.807) is 0 Å². The molecule has 0 spiro atoms. The van der Waals surface area contributed by atoms with Crippen LogP contribution in [0.1, 0.15) is 37.8 Å². The molecule has 0 bridgehead atoms. The molecule has 1 saturated carbocycles. The van der Waals surface area contributed by atoms with E-state index in [0.29, 0.717) is 18.4 Å². The first-order valence-electron chi connectivity index (χ1n) is 6.26. The molecule has 0 aromatic heterocycles. The highest BCUT2D eigenvalue weighted by atomic mass is 16.1. The predicted molar refractivity (Wildman–Crippen MR) is 68.3 cm³/mol. The van der Waals surface area contributed by atoms with Crippen LogP contribution in [-0.4, -0.2) is 11.9 Å². The average Bonchev–Trinajstić information content (AvgIpc) is 3.10. The van der Waals surface area contributed by atoms with Crippen molar-refractivity contribution in [3.05, 3.63) is 35.9 Å². The Balaban J connectivity index is 2.01. The summed E-state index contributed by atoms with van der Waals surface area (Å²) in [6.07, 6.45) is 2.95. The van der Waals surface area contributed by atoms with E-state index >= 15 is 0 Å². The summed E-state index contributed by atoms with van der Waals surface area (Å²) in [5.74, 6) is 0.473. The molecule has 1 aromatic carbocycles. The molecule has 3 N–H and O–H groups in total. The third-order valence-electron chi connectivity index (χ3n) is 3.22. The second kappa shape index (κ2) is 5.32. The number of nitrogens with one attached hydrogen (secondary N) is 1. The van der Waals surface area contributed by atoms with Gasteiger partial charge in [-0.05, 0) is 31.2 Å². The third-order valence-corrected chi connectivity index (χ3v) is 3.22. The SMILES string of the molecule is CC(CC(N)=O)NC(c1ccccc1)C1CC1. The van der Waals surface area contributed by atoms with Gasteiger partial charge in [-0.1, -0.05) is 30.3 Å². The van der Waals surface area contributed by atoms with E-state index in [1.165, 1.54) is 18.4 Å².